The van der Waals surface area contributed by atoms with E-state index in [1.807, 2.05) is 0 Å². The van der Waals surface area contributed by atoms with Crippen molar-refractivity contribution in [3.05, 3.63) is 0 Å². The van der Waals surface area contributed by atoms with Crippen LogP contribution in [0.5, 0.6) is 0 Å². The zero-order valence-corrected chi connectivity index (χ0v) is 8.93. The minimum absolute atomic E-state index is 0.868. The third-order valence-corrected chi connectivity index (χ3v) is 2.19. The van der Waals surface area contributed by atoms with E-state index in [0.717, 1.165) is 0 Å². The topological polar surface area (TPSA) is 174 Å². The Labute approximate surface area is 90.8 Å². The van der Waals surface area contributed by atoms with Gasteiger partial charge in [-0.15, -0.1) is 0 Å². The van der Waals surface area contributed by atoms with E-state index in [0.29, 0.717) is 0 Å². The van der Waals surface area contributed by atoms with Gasteiger partial charge in [-0.2, -0.15) is 0 Å². The molecule has 0 spiro atoms. The first-order chi connectivity index (χ1) is 7.19. The van der Waals surface area contributed by atoms with Crippen molar-refractivity contribution in [1.29, 1.82) is 0 Å². The molecule has 5 N–H and O–H groups in total. The van der Waals surface area contributed by atoms with Gasteiger partial charge in [-0.1, -0.05) is 0 Å². The molecule has 0 aromatic carbocycles. The molecule has 0 aromatic heterocycles. The maximum absolute atomic E-state index is 10.0. The second-order valence-electron chi connectivity index (χ2n) is 3.04. The van der Waals surface area contributed by atoms with E-state index in [1.165, 1.54) is 0 Å². The predicted molar refractivity (Wildman–Crippen MR) is 44.7 cm³/mol. The number of aliphatic hydroxyl groups is 5. The molecular weight excluding hydrogens is 247 g/mol. The fourth-order valence-electron chi connectivity index (χ4n) is 0.829. The lowest BCUT2D eigenvalue weighted by molar-refractivity contribution is -0.343. The average Bonchev–Trinajstić information content (AvgIpc) is 2.21. The van der Waals surface area contributed by atoms with Crippen molar-refractivity contribution in [2.75, 3.05) is 13.2 Å². The van der Waals surface area contributed by atoms with Crippen LogP contribution < -0.4 is 9.79 Å². The van der Waals surface area contributed by atoms with Gasteiger partial charge in [-0.3, -0.25) is 0 Å². The number of rotatable bonds is 7. The Morgan fingerprint density at radius 3 is 1.88 bits per heavy atom. The van der Waals surface area contributed by atoms with Crippen molar-refractivity contribution in [2.45, 2.75) is 24.4 Å². The molecule has 16 heavy (non-hydrogen) atoms. The van der Waals surface area contributed by atoms with Crippen molar-refractivity contribution in [2.24, 2.45) is 0 Å². The molecule has 4 atom stereocenters. The van der Waals surface area contributed by atoms with Crippen LogP contribution in [0.2, 0.25) is 0 Å². The highest BCUT2D eigenvalue weighted by molar-refractivity contribution is 7.43. The summed E-state index contributed by atoms with van der Waals surface area (Å²) < 4.78 is 13.7. The first kappa shape index (κ1) is 15.9. The molecule has 0 aliphatic carbocycles. The van der Waals surface area contributed by atoms with Crippen LogP contribution in [-0.2, 0) is 9.09 Å². The molecule has 0 aliphatic rings. The minimum atomic E-state index is -5.28. The molecule has 9 nitrogen and oxygen atoms in total. The smallest absolute Gasteiger partial charge is 0.111 e. The first-order valence-corrected chi connectivity index (χ1v) is 5.65. The first-order valence-electron chi connectivity index (χ1n) is 4.18. The SMILES string of the molecule is O=P([O-])([O-])OCC(O)C(O)C(O)C(O)CO. The Morgan fingerprint density at radius 1 is 1.06 bits per heavy atom. The molecule has 0 fully saturated rings. The molecule has 0 radical (unpaired) electrons. The molecule has 0 amide bonds. The van der Waals surface area contributed by atoms with Crippen LogP contribution in [0.25, 0.3) is 0 Å². The summed E-state index contributed by atoms with van der Waals surface area (Å²) in [6, 6.07) is 0. The Bertz CT molecular complexity index is 240. The molecule has 98 valence electrons. The molecular formula is C6H13O9P-2. The molecule has 0 rings (SSSR count). The van der Waals surface area contributed by atoms with Crippen LogP contribution in [-0.4, -0.2) is 63.2 Å². The van der Waals surface area contributed by atoms with Gasteiger partial charge in [-0.05, 0) is 0 Å². The summed E-state index contributed by atoms with van der Waals surface area (Å²) in [5, 5.41) is 44.6. The quantitative estimate of drug-likeness (QED) is 0.281. The summed E-state index contributed by atoms with van der Waals surface area (Å²) in [6.45, 7) is -1.92. The monoisotopic (exact) mass is 260 g/mol. The van der Waals surface area contributed by atoms with Crippen LogP contribution in [0.3, 0.4) is 0 Å². The van der Waals surface area contributed by atoms with Crippen LogP contribution in [0.15, 0.2) is 0 Å². The molecule has 0 bridgehead atoms. The van der Waals surface area contributed by atoms with Gasteiger partial charge in [-0.25, -0.2) is 0 Å². The van der Waals surface area contributed by atoms with Crippen molar-refractivity contribution in [3.8, 4) is 0 Å². The standard InChI is InChI=1S/C6H15O9P/c7-1-3(8)5(10)6(11)4(9)2-15-16(12,13)14/h3-11H,1-2H2,(H2,12,13,14)/p-2. The second-order valence-corrected chi connectivity index (χ2v) is 4.19. The third-order valence-electron chi connectivity index (χ3n) is 1.73. The van der Waals surface area contributed by atoms with Crippen LogP contribution in [0.4, 0.5) is 0 Å². The van der Waals surface area contributed by atoms with Gasteiger partial charge in [0.1, 0.15) is 24.4 Å². The van der Waals surface area contributed by atoms with Gasteiger partial charge in [0.05, 0.1) is 21.0 Å². The van der Waals surface area contributed by atoms with Gasteiger partial charge >= 0.3 is 0 Å². The maximum Gasteiger partial charge on any atom is 0.111 e. The van der Waals surface area contributed by atoms with Crippen LogP contribution >= 0.6 is 7.82 Å². The van der Waals surface area contributed by atoms with Crippen molar-refractivity contribution >= 4 is 7.82 Å². The molecule has 0 aromatic rings. The van der Waals surface area contributed by atoms with Gasteiger partial charge in [0.25, 0.3) is 0 Å². The highest BCUT2D eigenvalue weighted by Crippen LogP contribution is 2.25. The van der Waals surface area contributed by atoms with Gasteiger partial charge in [0.2, 0.25) is 0 Å². The van der Waals surface area contributed by atoms with E-state index in [1.54, 1.807) is 0 Å². The number of hydrogen-bond acceptors (Lipinski definition) is 9. The number of aliphatic hydroxyl groups excluding tert-OH is 5. The fraction of sp³-hybridized carbons (Fsp3) is 1.00. The minimum Gasteiger partial charge on any atom is -0.790 e. The Morgan fingerprint density at radius 2 is 1.50 bits per heavy atom. The summed E-state index contributed by atoms with van der Waals surface area (Å²) in [5.74, 6) is 0. The lowest BCUT2D eigenvalue weighted by Gasteiger charge is -2.31. The maximum atomic E-state index is 10.0. The number of phosphoric acid groups is 1. The Hall–Kier alpha value is -0.0900. The summed E-state index contributed by atoms with van der Waals surface area (Å²) in [5.41, 5.74) is 0. The number of phosphoric ester groups is 1. The van der Waals surface area contributed by atoms with Crippen molar-refractivity contribution in [3.63, 3.8) is 0 Å². The zero-order chi connectivity index (χ0) is 12.9. The third kappa shape index (κ3) is 5.85. The predicted octanol–water partition coefficient (Wildman–Crippen LogP) is -4.73. The van der Waals surface area contributed by atoms with Gasteiger partial charge in [0, 0.05) is 0 Å². The van der Waals surface area contributed by atoms with Gasteiger partial charge in [0.15, 0.2) is 0 Å². The van der Waals surface area contributed by atoms with E-state index >= 15 is 0 Å². The number of hydrogen-bond donors (Lipinski definition) is 5. The van der Waals surface area contributed by atoms with E-state index in [4.69, 9.17) is 25.5 Å². The molecule has 0 aliphatic heterocycles. The fourth-order valence-corrected chi connectivity index (χ4v) is 1.16. The molecule has 0 heterocycles. The van der Waals surface area contributed by atoms with Crippen molar-refractivity contribution < 1.29 is 44.4 Å². The Balaban J connectivity index is 4.17. The van der Waals surface area contributed by atoms with Crippen LogP contribution in [0.1, 0.15) is 0 Å². The zero-order valence-electron chi connectivity index (χ0n) is 8.04. The lowest BCUT2D eigenvalue weighted by atomic mass is 10.0. The summed E-state index contributed by atoms with van der Waals surface area (Å²) in [7, 11) is -5.28. The highest BCUT2D eigenvalue weighted by atomic mass is 31.2. The molecule has 4 unspecified atom stereocenters. The van der Waals surface area contributed by atoms with Gasteiger partial charge < -0.3 is 44.4 Å². The molecule has 10 heteroatoms. The van der Waals surface area contributed by atoms with E-state index in [-0.39, 0.29) is 0 Å². The highest BCUT2D eigenvalue weighted by Gasteiger charge is 2.30. The normalized spacial score (nSPS) is 20.2. The lowest BCUT2D eigenvalue weighted by Crippen LogP contribution is -2.47. The molecule has 0 saturated carbocycles. The van der Waals surface area contributed by atoms with Crippen molar-refractivity contribution in [1.82, 2.24) is 0 Å². The summed E-state index contributed by atoms with van der Waals surface area (Å²) in [6.07, 6.45) is -7.47. The average molecular weight is 260 g/mol. The van der Waals surface area contributed by atoms with E-state index in [2.05, 4.69) is 4.52 Å². The van der Waals surface area contributed by atoms with E-state index < -0.39 is 45.5 Å². The summed E-state index contributed by atoms with van der Waals surface area (Å²) in [4.78, 5) is 20.0. The van der Waals surface area contributed by atoms with Crippen LogP contribution in [0, 0.1) is 0 Å². The largest absolute Gasteiger partial charge is 0.790 e. The summed E-state index contributed by atoms with van der Waals surface area (Å²) >= 11 is 0. The molecule has 0 saturated heterocycles. The van der Waals surface area contributed by atoms with E-state index in [9.17, 15) is 14.4 Å². The second kappa shape index (κ2) is 6.60. The Kier molecular flexibility index (Phi) is 6.56.